The van der Waals surface area contributed by atoms with Crippen molar-refractivity contribution in [2.75, 3.05) is 12.3 Å². The van der Waals surface area contributed by atoms with Crippen molar-refractivity contribution in [3.63, 3.8) is 0 Å². The Morgan fingerprint density at radius 2 is 1.97 bits per heavy atom. The summed E-state index contributed by atoms with van der Waals surface area (Å²) in [4.78, 5) is 51.6. The number of aldehydes is 1. The molecule has 180 valence electrons. The highest BCUT2D eigenvalue weighted by atomic mass is 31.3. The summed E-state index contributed by atoms with van der Waals surface area (Å²) in [7, 11) is -16.8. The van der Waals surface area contributed by atoms with Gasteiger partial charge >= 0.3 is 23.5 Å². The summed E-state index contributed by atoms with van der Waals surface area (Å²) in [6.07, 6.45) is 6.31. The predicted octanol–water partition coefficient (Wildman–Crippen LogP) is 0.303. The molecule has 3 rings (SSSR count). The molecule has 3 heterocycles. The van der Waals surface area contributed by atoms with Crippen LogP contribution in [0.1, 0.15) is 18.2 Å². The first-order chi connectivity index (χ1) is 15.2. The largest absolute Gasteiger partial charge is 0.490 e. The van der Waals surface area contributed by atoms with Crippen LogP contribution in [-0.2, 0) is 36.4 Å². The van der Waals surface area contributed by atoms with Crippen LogP contribution >= 0.6 is 23.5 Å². The lowest BCUT2D eigenvalue weighted by Crippen LogP contribution is -2.39. The molecule has 1 aliphatic rings. The minimum Gasteiger partial charge on any atom is -0.382 e. The highest BCUT2D eigenvalue weighted by molar-refractivity contribution is 7.66. The topological polar surface area (TPSA) is 242 Å². The number of carbonyl (C=O) groups is 1. The number of phosphoric acid groups is 3. The zero-order valence-corrected chi connectivity index (χ0v) is 19.0. The van der Waals surface area contributed by atoms with E-state index in [1.165, 1.54) is 10.8 Å². The fourth-order valence-electron chi connectivity index (χ4n) is 3.18. The Kier molecular flexibility index (Phi) is 6.99. The molecule has 19 heteroatoms. The molecule has 16 nitrogen and oxygen atoms in total. The number of terminal acetylenes is 1. The van der Waals surface area contributed by atoms with Gasteiger partial charge in [-0.15, -0.1) is 6.42 Å². The van der Waals surface area contributed by atoms with E-state index in [9.17, 15) is 28.3 Å². The maximum absolute atomic E-state index is 12.0. The average molecular weight is 526 g/mol. The molecule has 5 atom stereocenters. The second-order valence-corrected chi connectivity index (χ2v) is 11.1. The number of nitrogens with zero attached hydrogens (tertiary/aromatic N) is 3. The van der Waals surface area contributed by atoms with Crippen molar-refractivity contribution < 1.29 is 55.9 Å². The van der Waals surface area contributed by atoms with Gasteiger partial charge in [-0.05, 0) is 18.6 Å². The van der Waals surface area contributed by atoms with Gasteiger partial charge in [-0.2, -0.15) is 13.7 Å². The third-order valence-corrected chi connectivity index (χ3v) is 8.31. The molecule has 0 spiro atoms. The molecule has 0 amide bonds. The Hall–Kier alpha value is -1.98. The van der Waals surface area contributed by atoms with Gasteiger partial charge in [0.15, 0.2) is 11.4 Å². The Balaban J connectivity index is 1.81. The number of rotatable bonds is 9. The Morgan fingerprint density at radius 3 is 2.58 bits per heavy atom. The number of hydrogen-bond donors (Lipinski definition) is 5. The first-order valence-electron chi connectivity index (χ1n) is 8.68. The monoisotopic (exact) mass is 526 g/mol. The first kappa shape index (κ1) is 25.6. The quantitative estimate of drug-likeness (QED) is 0.168. The lowest BCUT2D eigenvalue weighted by Gasteiger charge is -2.27. The van der Waals surface area contributed by atoms with Crippen LogP contribution in [0, 0.1) is 18.3 Å². The number of nitrogens with two attached hydrogens (primary N) is 1. The van der Waals surface area contributed by atoms with Crippen molar-refractivity contribution >= 4 is 41.1 Å². The van der Waals surface area contributed by atoms with E-state index in [0.29, 0.717) is 17.5 Å². The van der Waals surface area contributed by atoms with Gasteiger partial charge in [0, 0.05) is 0 Å². The van der Waals surface area contributed by atoms with E-state index in [-0.39, 0.29) is 12.2 Å². The SMILES string of the molecule is C#CC1(COP(=O)(O)OP(=O)(O)OP(=O)(O)O)OC(c2ccc3c(N)ncnn23)CC1C=O. The van der Waals surface area contributed by atoms with Gasteiger partial charge in [-0.1, -0.05) is 5.92 Å². The Morgan fingerprint density at radius 1 is 1.27 bits per heavy atom. The number of ether oxygens (including phenoxy) is 1. The molecular formula is C14H17N4O12P3. The fraction of sp³-hybridized carbons (Fsp3) is 0.357. The maximum atomic E-state index is 12.0. The maximum Gasteiger partial charge on any atom is 0.490 e. The summed E-state index contributed by atoms with van der Waals surface area (Å²) in [5, 5.41) is 4.06. The summed E-state index contributed by atoms with van der Waals surface area (Å²) >= 11 is 0. The van der Waals surface area contributed by atoms with E-state index in [2.05, 4.69) is 29.1 Å². The first-order valence-corrected chi connectivity index (χ1v) is 13.2. The molecule has 0 radical (unpaired) electrons. The standard InChI is InChI=1S/C14H17N4O12P3/c1-2-14(7-27-32(23,24)30-33(25,26)29-31(20,21)22)9(6-19)5-12(28-14)10-3-4-11-13(15)16-8-17-18(10)11/h1,3-4,6,8-9,12H,5,7H2,(H,23,24)(H,25,26)(H2,15,16,17)(H2,20,21,22). The van der Waals surface area contributed by atoms with Crippen LogP contribution in [0.25, 0.3) is 5.52 Å². The van der Waals surface area contributed by atoms with Gasteiger partial charge in [-0.25, -0.2) is 23.2 Å². The average Bonchev–Trinajstić information content (AvgIpc) is 3.26. The highest BCUT2D eigenvalue weighted by Gasteiger charge is 2.51. The van der Waals surface area contributed by atoms with Gasteiger partial charge in [-0.3, -0.25) is 4.52 Å². The van der Waals surface area contributed by atoms with Crippen molar-refractivity contribution in [2.24, 2.45) is 5.92 Å². The summed E-state index contributed by atoms with van der Waals surface area (Å²) in [6, 6.07) is 3.20. The number of aromatic nitrogens is 3. The normalized spacial score (nSPS) is 27.0. The van der Waals surface area contributed by atoms with Gasteiger partial charge in [0.25, 0.3) is 0 Å². The van der Waals surface area contributed by atoms with Crippen LogP contribution < -0.4 is 5.73 Å². The fourth-order valence-corrected chi connectivity index (χ4v) is 6.23. The number of anilines is 1. The summed E-state index contributed by atoms with van der Waals surface area (Å²) in [6.45, 7) is -0.979. The van der Waals surface area contributed by atoms with Crippen LogP contribution in [0.15, 0.2) is 18.5 Å². The lowest BCUT2D eigenvalue weighted by atomic mass is 9.89. The van der Waals surface area contributed by atoms with E-state index in [0.717, 1.165) is 0 Å². The van der Waals surface area contributed by atoms with Crippen molar-refractivity contribution in [3.05, 3.63) is 24.2 Å². The van der Waals surface area contributed by atoms with E-state index >= 15 is 0 Å². The summed E-state index contributed by atoms with van der Waals surface area (Å²) in [5.41, 5.74) is 4.75. The van der Waals surface area contributed by atoms with E-state index in [1.54, 1.807) is 12.1 Å². The Labute approximate surface area is 185 Å². The van der Waals surface area contributed by atoms with Gasteiger partial charge in [0.2, 0.25) is 0 Å². The molecular weight excluding hydrogens is 509 g/mol. The molecule has 0 saturated carbocycles. The van der Waals surface area contributed by atoms with Crippen LogP contribution in [0.5, 0.6) is 0 Å². The third-order valence-electron chi connectivity index (χ3n) is 4.53. The minimum absolute atomic E-state index is 0.00345. The molecule has 6 N–H and O–H groups in total. The third kappa shape index (κ3) is 5.75. The minimum atomic E-state index is -5.73. The van der Waals surface area contributed by atoms with Crippen molar-refractivity contribution in [3.8, 4) is 12.3 Å². The summed E-state index contributed by atoms with van der Waals surface area (Å²) < 4.78 is 53.3. The van der Waals surface area contributed by atoms with Gasteiger partial charge < -0.3 is 34.8 Å². The molecule has 1 saturated heterocycles. The van der Waals surface area contributed by atoms with Crippen molar-refractivity contribution in [2.45, 2.75) is 18.1 Å². The van der Waals surface area contributed by atoms with Crippen molar-refractivity contribution in [1.82, 2.24) is 14.6 Å². The molecule has 2 aromatic heterocycles. The zero-order chi connectivity index (χ0) is 24.7. The van der Waals surface area contributed by atoms with Crippen LogP contribution in [0.2, 0.25) is 0 Å². The number of phosphoric ester groups is 1. The second-order valence-electron chi connectivity index (χ2n) is 6.68. The molecule has 5 unspecified atom stereocenters. The molecule has 1 aliphatic heterocycles. The molecule has 0 aromatic carbocycles. The molecule has 0 aliphatic carbocycles. The van der Waals surface area contributed by atoms with E-state index in [1.807, 2.05) is 0 Å². The number of hydrogen-bond acceptors (Lipinski definition) is 11. The number of carbonyl (C=O) groups excluding carboxylic acids is 1. The van der Waals surface area contributed by atoms with E-state index in [4.69, 9.17) is 26.7 Å². The van der Waals surface area contributed by atoms with E-state index < -0.39 is 47.7 Å². The highest BCUT2D eigenvalue weighted by Crippen LogP contribution is 2.66. The van der Waals surface area contributed by atoms with Crippen LogP contribution in [0.4, 0.5) is 5.82 Å². The van der Waals surface area contributed by atoms with Crippen LogP contribution in [0.3, 0.4) is 0 Å². The van der Waals surface area contributed by atoms with Crippen molar-refractivity contribution in [1.29, 1.82) is 0 Å². The Bertz CT molecular complexity index is 1250. The molecule has 1 fully saturated rings. The summed E-state index contributed by atoms with van der Waals surface area (Å²) in [5.74, 6) is 1.30. The predicted molar refractivity (Wildman–Crippen MR) is 107 cm³/mol. The van der Waals surface area contributed by atoms with Gasteiger partial charge in [0.1, 0.15) is 24.2 Å². The number of fused-ring (bicyclic) bond motifs is 1. The lowest BCUT2D eigenvalue weighted by molar-refractivity contribution is -0.116. The molecule has 33 heavy (non-hydrogen) atoms. The number of nitrogen functional groups attached to an aromatic ring is 1. The van der Waals surface area contributed by atoms with Crippen LogP contribution in [-0.4, -0.2) is 52.7 Å². The molecule has 2 aromatic rings. The zero-order valence-electron chi connectivity index (χ0n) is 16.3. The van der Waals surface area contributed by atoms with Gasteiger partial charge in [0.05, 0.1) is 18.2 Å². The molecule has 0 bridgehead atoms. The second kappa shape index (κ2) is 8.99. The smallest absolute Gasteiger partial charge is 0.382 e.